The normalized spacial score (nSPS) is 14.2. The Morgan fingerprint density at radius 3 is 2.67 bits per heavy atom. The summed E-state index contributed by atoms with van der Waals surface area (Å²) in [5.41, 5.74) is 7.74. The van der Waals surface area contributed by atoms with Crippen LogP contribution in [0.15, 0.2) is 67.1 Å². The summed E-state index contributed by atoms with van der Waals surface area (Å²) in [6.07, 6.45) is 12.2. The van der Waals surface area contributed by atoms with Crippen LogP contribution >= 0.6 is 0 Å². The van der Waals surface area contributed by atoms with Gasteiger partial charge in [-0.25, -0.2) is 22.8 Å². The van der Waals surface area contributed by atoms with Gasteiger partial charge >= 0.3 is 0 Å². The Kier molecular flexibility index (Phi) is 7.88. The summed E-state index contributed by atoms with van der Waals surface area (Å²) in [7, 11) is -3.18. The molecule has 1 fully saturated rings. The largest absolute Gasteiger partial charge is 0.335 e. The number of H-pyrrole nitrogens is 2. The van der Waals surface area contributed by atoms with Crippen LogP contribution in [0, 0.1) is 11.7 Å². The minimum absolute atomic E-state index is 0.0538. The molecule has 9 nitrogen and oxygen atoms in total. The van der Waals surface area contributed by atoms with Crippen LogP contribution in [0.4, 0.5) is 4.39 Å². The van der Waals surface area contributed by atoms with Gasteiger partial charge in [0.2, 0.25) is 0 Å². The first-order chi connectivity index (χ1) is 21.8. The molecule has 3 N–H and O–H groups in total. The molecule has 7 rings (SSSR count). The second-order valence-electron chi connectivity index (χ2n) is 12.1. The van der Waals surface area contributed by atoms with E-state index in [1.807, 2.05) is 24.5 Å². The summed E-state index contributed by atoms with van der Waals surface area (Å²) in [6, 6.07) is 14.7. The van der Waals surface area contributed by atoms with Gasteiger partial charge in [-0.1, -0.05) is 25.0 Å². The molecule has 4 heterocycles. The zero-order valence-corrected chi connectivity index (χ0v) is 25.8. The van der Waals surface area contributed by atoms with Crippen LogP contribution in [0.5, 0.6) is 0 Å². The highest BCUT2D eigenvalue weighted by Crippen LogP contribution is 2.33. The number of hydrogen-bond donors (Lipinski definition) is 3. The SMILES string of the molecule is CS(=O)(=O)CCc1cc(F)cc(-c2ccnc3nc(-c4n[nH]c5ccc(-c6cncc(CNCC7CCCC7)c6)cc45)[nH]c23)c1. The van der Waals surface area contributed by atoms with E-state index >= 15 is 0 Å². The summed E-state index contributed by atoms with van der Waals surface area (Å²) in [4.78, 5) is 17.1. The number of sulfone groups is 1. The van der Waals surface area contributed by atoms with E-state index in [0.717, 1.165) is 46.6 Å². The van der Waals surface area contributed by atoms with E-state index in [-0.39, 0.29) is 12.2 Å². The highest BCUT2D eigenvalue weighted by Gasteiger charge is 2.18. The fourth-order valence-electron chi connectivity index (χ4n) is 6.27. The Labute approximate surface area is 260 Å². The molecule has 1 saturated carbocycles. The second kappa shape index (κ2) is 12.1. The molecule has 4 aromatic heterocycles. The molecular weight excluding hydrogens is 589 g/mol. The topological polar surface area (TPSA) is 129 Å². The van der Waals surface area contributed by atoms with Crippen LogP contribution in [0.2, 0.25) is 0 Å². The van der Waals surface area contributed by atoms with Crippen molar-refractivity contribution in [2.45, 2.75) is 38.6 Å². The first-order valence-electron chi connectivity index (χ1n) is 15.2. The van der Waals surface area contributed by atoms with E-state index in [9.17, 15) is 12.8 Å². The molecular formula is C34H34FN7O2S. The van der Waals surface area contributed by atoms with Gasteiger partial charge in [-0.2, -0.15) is 5.10 Å². The number of nitrogens with one attached hydrogen (secondary N) is 3. The third-order valence-electron chi connectivity index (χ3n) is 8.57. The zero-order valence-electron chi connectivity index (χ0n) is 25.0. The van der Waals surface area contributed by atoms with E-state index in [4.69, 9.17) is 4.98 Å². The molecule has 0 amide bonds. The van der Waals surface area contributed by atoms with E-state index in [1.54, 1.807) is 12.3 Å². The number of fused-ring (bicyclic) bond motifs is 2. The lowest BCUT2D eigenvalue weighted by atomic mass is 10.0. The Morgan fingerprint density at radius 2 is 1.82 bits per heavy atom. The monoisotopic (exact) mass is 623 g/mol. The minimum Gasteiger partial charge on any atom is -0.335 e. The summed E-state index contributed by atoms with van der Waals surface area (Å²) in [5, 5.41) is 12.2. The molecule has 1 aliphatic carbocycles. The molecule has 0 aliphatic heterocycles. The number of rotatable bonds is 10. The first-order valence-corrected chi connectivity index (χ1v) is 17.3. The van der Waals surface area contributed by atoms with Gasteiger partial charge in [0.05, 0.1) is 16.8 Å². The maximum Gasteiger partial charge on any atom is 0.178 e. The van der Waals surface area contributed by atoms with Crippen molar-refractivity contribution in [3.05, 3.63) is 84.1 Å². The predicted octanol–water partition coefficient (Wildman–Crippen LogP) is 6.24. The van der Waals surface area contributed by atoms with Crippen molar-refractivity contribution in [2.24, 2.45) is 5.92 Å². The molecule has 11 heteroatoms. The maximum absolute atomic E-state index is 14.7. The highest BCUT2D eigenvalue weighted by atomic mass is 32.2. The van der Waals surface area contributed by atoms with E-state index in [2.05, 4.69) is 48.7 Å². The summed E-state index contributed by atoms with van der Waals surface area (Å²) in [6.45, 7) is 1.83. The predicted molar refractivity (Wildman–Crippen MR) is 175 cm³/mol. The number of aryl methyl sites for hydroxylation is 1. The van der Waals surface area contributed by atoms with Crippen LogP contribution in [-0.2, 0) is 22.8 Å². The quantitative estimate of drug-likeness (QED) is 0.165. The lowest BCUT2D eigenvalue weighted by molar-refractivity contribution is 0.489. The molecule has 45 heavy (non-hydrogen) atoms. The lowest BCUT2D eigenvalue weighted by Crippen LogP contribution is -2.20. The summed E-state index contributed by atoms with van der Waals surface area (Å²) >= 11 is 0. The van der Waals surface area contributed by atoms with Crippen molar-refractivity contribution in [2.75, 3.05) is 18.6 Å². The van der Waals surface area contributed by atoms with Crippen LogP contribution in [0.25, 0.3) is 55.8 Å². The smallest absolute Gasteiger partial charge is 0.178 e. The van der Waals surface area contributed by atoms with Crippen LogP contribution < -0.4 is 5.32 Å². The Hall–Kier alpha value is -4.48. The second-order valence-corrected chi connectivity index (χ2v) is 14.3. The standard InChI is InChI=1S/C34H34FN7O2S/c1-45(43,44)11-9-22-12-25(15-27(35)14-22)28-8-10-38-33-31(28)39-34(40-33)32-29-16-24(6-7-30(29)41-42-32)26-13-23(19-37-20-26)18-36-17-21-4-2-3-5-21/h6-8,10,12-16,19-21,36H,2-5,9,11,17-18H2,1H3,(H,41,42)(H,38,39,40). The Morgan fingerprint density at radius 1 is 0.978 bits per heavy atom. The van der Waals surface area contributed by atoms with Crippen LogP contribution in [0.3, 0.4) is 0 Å². The summed E-state index contributed by atoms with van der Waals surface area (Å²) < 4.78 is 38.0. The molecule has 2 aromatic carbocycles. The molecule has 0 spiro atoms. The van der Waals surface area contributed by atoms with Gasteiger partial charge in [-0.3, -0.25) is 10.1 Å². The Balaban J connectivity index is 1.19. The lowest BCUT2D eigenvalue weighted by Gasteiger charge is -2.11. The number of pyridine rings is 2. The van der Waals surface area contributed by atoms with Gasteiger partial charge in [0, 0.05) is 47.9 Å². The van der Waals surface area contributed by atoms with Crippen molar-refractivity contribution in [1.82, 2.24) is 35.5 Å². The number of aromatic nitrogens is 6. The van der Waals surface area contributed by atoms with Gasteiger partial charge in [-0.15, -0.1) is 0 Å². The average molecular weight is 624 g/mol. The molecule has 0 saturated heterocycles. The van der Waals surface area contributed by atoms with Crippen molar-refractivity contribution in [3.8, 4) is 33.8 Å². The van der Waals surface area contributed by atoms with Crippen molar-refractivity contribution < 1.29 is 12.8 Å². The molecule has 0 bridgehead atoms. The average Bonchev–Trinajstić information content (AvgIpc) is 3.79. The minimum atomic E-state index is -3.18. The molecule has 230 valence electrons. The number of halogens is 1. The molecule has 1 aliphatic rings. The molecule has 0 radical (unpaired) electrons. The number of hydrogen-bond acceptors (Lipinski definition) is 7. The molecule has 0 atom stereocenters. The van der Waals surface area contributed by atoms with E-state index in [1.165, 1.54) is 44.1 Å². The molecule has 6 aromatic rings. The fourth-order valence-corrected chi connectivity index (χ4v) is 6.88. The van der Waals surface area contributed by atoms with Crippen molar-refractivity contribution in [1.29, 1.82) is 0 Å². The van der Waals surface area contributed by atoms with Gasteiger partial charge in [-0.05, 0) is 90.4 Å². The third-order valence-corrected chi connectivity index (χ3v) is 9.52. The van der Waals surface area contributed by atoms with Gasteiger partial charge < -0.3 is 10.3 Å². The fraction of sp³-hybridized carbons (Fsp3) is 0.294. The number of nitrogens with zero attached hydrogens (tertiary/aromatic N) is 4. The first kappa shape index (κ1) is 29.2. The Bertz CT molecular complexity index is 2120. The number of benzene rings is 2. The van der Waals surface area contributed by atoms with Gasteiger partial charge in [0.25, 0.3) is 0 Å². The molecule has 0 unspecified atom stereocenters. The van der Waals surface area contributed by atoms with E-state index < -0.39 is 15.7 Å². The van der Waals surface area contributed by atoms with E-state index in [0.29, 0.717) is 39.4 Å². The summed E-state index contributed by atoms with van der Waals surface area (Å²) in [5.74, 6) is 0.826. The van der Waals surface area contributed by atoms with Crippen LogP contribution in [0.1, 0.15) is 36.8 Å². The zero-order chi connectivity index (χ0) is 31.0. The number of aromatic amines is 2. The van der Waals surface area contributed by atoms with Crippen LogP contribution in [-0.4, -0.2) is 57.1 Å². The third kappa shape index (κ3) is 6.50. The van der Waals surface area contributed by atoms with Crippen molar-refractivity contribution in [3.63, 3.8) is 0 Å². The van der Waals surface area contributed by atoms with Crippen molar-refractivity contribution >= 4 is 31.9 Å². The number of imidazole rings is 1. The highest BCUT2D eigenvalue weighted by molar-refractivity contribution is 7.90. The maximum atomic E-state index is 14.7. The van der Waals surface area contributed by atoms with Gasteiger partial charge in [0.1, 0.15) is 21.3 Å². The van der Waals surface area contributed by atoms with Gasteiger partial charge in [0.15, 0.2) is 11.5 Å².